The van der Waals surface area contributed by atoms with E-state index < -0.39 is 22.7 Å². The van der Waals surface area contributed by atoms with Crippen LogP contribution < -0.4 is 14.8 Å². The van der Waals surface area contributed by atoms with Gasteiger partial charge in [0.15, 0.2) is 5.17 Å². The first-order valence-corrected chi connectivity index (χ1v) is 12.4. The van der Waals surface area contributed by atoms with Crippen LogP contribution in [0.5, 0.6) is 11.5 Å². The first kappa shape index (κ1) is 26.3. The van der Waals surface area contributed by atoms with Crippen molar-refractivity contribution in [1.82, 2.24) is 4.90 Å². The summed E-state index contributed by atoms with van der Waals surface area (Å²) in [6.45, 7) is -2.93. The van der Waals surface area contributed by atoms with Gasteiger partial charge in [-0.25, -0.2) is 4.99 Å². The lowest BCUT2D eigenvalue weighted by Gasteiger charge is -2.23. The topological polar surface area (TPSA) is 123 Å². The number of halogens is 2. The Bertz CT molecular complexity index is 1200. The summed E-state index contributed by atoms with van der Waals surface area (Å²) in [6.07, 6.45) is 3.47. The molecule has 2 fully saturated rings. The van der Waals surface area contributed by atoms with Crippen LogP contribution in [0.15, 0.2) is 47.5 Å². The highest BCUT2D eigenvalue weighted by Crippen LogP contribution is 2.38. The Morgan fingerprint density at radius 1 is 1.24 bits per heavy atom. The van der Waals surface area contributed by atoms with Crippen LogP contribution >= 0.6 is 11.8 Å². The van der Waals surface area contributed by atoms with E-state index in [0.717, 1.165) is 25.7 Å². The lowest BCUT2D eigenvalue weighted by atomic mass is 10.2. The Balaban J connectivity index is 1.50. The highest BCUT2D eigenvalue weighted by Gasteiger charge is 2.43. The summed E-state index contributed by atoms with van der Waals surface area (Å²) in [5.74, 6) is -0.557. The molecule has 0 bridgehead atoms. The molecule has 0 radical (unpaired) electrons. The number of ether oxygens (including phenoxy) is 2. The van der Waals surface area contributed by atoms with Crippen LogP contribution in [0.4, 0.5) is 25.8 Å². The molecule has 0 spiro atoms. The van der Waals surface area contributed by atoms with Crippen molar-refractivity contribution in [2.24, 2.45) is 4.99 Å². The van der Waals surface area contributed by atoms with Gasteiger partial charge >= 0.3 is 6.61 Å². The third-order valence-electron chi connectivity index (χ3n) is 5.98. The molecule has 1 atom stereocenters. The molecule has 2 aliphatic rings. The molecular weight excluding hydrogens is 510 g/mol. The van der Waals surface area contributed by atoms with Gasteiger partial charge in [0, 0.05) is 18.5 Å². The second kappa shape index (κ2) is 11.5. The molecule has 1 saturated carbocycles. The fourth-order valence-corrected chi connectivity index (χ4v) is 5.48. The quantitative estimate of drug-likeness (QED) is 0.350. The van der Waals surface area contributed by atoms with Gasteiger partial charge < -0.3 is 14.8 Å². The lowest BCUT2D eigenvalue weighted by Crippen LogP contribution is -2.40. The van der Waals surface area contributed by atoms with Gasteiger partial charge in [-0.3, -0.25) is 24.6 Å². The zero-order chi connectivity index (χ0) is 26.5. The van der Waals surface area contributed by atoms with E-state index in [-0.39, 0.29) is 41.2 Å². The van der Waals surface area contributed by atoms with Crippen molar-refractivity contribution in [2.75, 3.05) is 12.4 Å². The maximum Gasteiger partial charge on any atom is 0.387 e. The third-order valence-corrected chi connectivity index (χ3v) is 7.14. The summed E-state index contributed by atoms with van der Waals surface area (Å²) in [6, 6.07) is 9.57. The van der Waals surface area contributed by atoms with E-state index >= 15 is 0 Å². The van der Waals surface area contributed by atoms with E-state index in [2.05, 4.69) is 15.0 Å². The molecule has 0 unspecified atom stereocenters. The molecular formula is C24H24F2N4O6S. The number of nitrogens with one attached hydrogen (secondary N) is 1. The molecule has 4 rings (SSSR count). The monoisotopic (exact) mass is 534 g/mol. The van der Waals surface area contributed by atoms with E-state index in [4.69, 9.17) is 4.74 Å². The number of nitro groups is 1. The standard InChI is InChI=1S/C24H24F2N4O6S/c1-35-19-12-16(30(33)34)8-11-18(19)28-21(31)13-20-22(32)29(15-4-2-3-5-15)24(37-20)27-14-6-9-17(10-7-14)36-23(25)26/h6-12,15,20,23H,2-5,13H2,1H3,(H,28,31)/t20-/m1/s1. The van der Waals surface area contributed by atoms with Crippen molar-refractivity contribution in [3.05, 3.63) is 52.6 Å². The van der Waals surface area contributed by atoms with Crippen molar-refractivity contribution >= 4 is 45.8 Å². The highest BCUT2D eigenvalue weighted by atomic mass is 32.2. The number of nitrogens with zero attached hydrogens (tertiary/aromatic N) is 3. The number of carbonyl (C=O) groups excluding carboxylic acids is 2. The Labute approximate surface area is 215 Å². The van der Waals surface area contributed by atoms with E-state index in [0.29, 0.717) is 10.9 Å². The number of anilines is 1. The van der Waals surface area contributed by atoms with Gasteiger partial charge in [0.2, 0.25) is 11.8 Å². The number of rotatable bonds is 9. The third kappa shape index (κ3) is 6.34. The van der Waals surface area contributed by atoms with Crippen molar-refractivity contribution in [3.8, 4) is 11.5 Å². The number of amidine groups is 1. The number of hydrogen-bond acceptors (Lipinski definition) is 8. The molecule has 13 heteroatoms. The number of non-ortho nitro benzene ring substituents is 1. The average molecular weight is 535 g/mol. The first-order chi connectivity index (χ1) is 17.7. The summed E-state index contributed by atoms with van der Waals surface area (Å²) < 4.78 is 34.4. The first-order valence-electron chi connectivity index (χ1n) is 11.5. The average Bonchev–Trinajstić information content (AvgIpc) is 3.48. The smallest absolute Gasteiger partial charge is 0.387 e. The van der Waals surface area contributed by atoms with Crippen LogP contribution in [-0.4, -0.2) is 51.8 Å². The molecule has 37 heavy (non-hydrogen) atoms. The normalized spacial score (nSPS) is 19.0. The van der Waals surface area contributed by atoms with Gasteiger partial charge in [-0.05, 0) is 43.2 Å². The number of carbonyl (C=O) groups is 2. The number of methoxy groups -OCH3 is 1. The van der Waals surface area contributed by atoms with Crippen molar-refractivity contribution < 1.29 is 32.8 Å². The number of benzene rings is 2. The minimum atomic E-state index is -2.93. The van der Waals surface area contributed by atoms with Gasteiger partial charge in [0.05, 0.1) is 29.5 Å². The fourth-order valence-electron chi connectivity index (χ4n) is 4.27. The second-order valence-electron chi connectivity index (χ2n) is 8.41. The summed E-state index contributed by atoms with van der Waals surface area (Å²) in [4.78, 5) is 42.8. The SMILES string of the molecule is COc1cc([N+](=O)[O-])ccc1NC(=O)C[C@H]1SC(=Nc2ccc(OC(F)F)cc2)N(C2CCCC2)C1=O. The van der Waals surface area contributed by atoms with Crippen LogP contribution in [-0.2, 0) is 9.59 Å². The Hall–Kier alpha value is -3.74. The molecule has 1 aliphatic carbocycles. The van der Waals surface area contributed by atoms with E-state index in [1.165, 1.54) is 61.3 Å². The van der Waals surface area contributed by atoms with E-state index in [1.54, 1.807) is 4.90 Å². The molecule has 1 aliphatic heterocycles. The van der Waals surface area contributed by atoms with Gasteiger partial charge in [-0.2, -0.15) is 8.78 Å². The van der Waals surface area contributed by atoms with E-state index in [1.807, 2.05) is 0 Å². The number of thioether (sulfide) groups is 1. The summed E-state index contributed by atoms with van der Waals surface area (Å²) in [7, 11) is 1.33. The summed E-state index contributed by atoms with van der Waals surface area (Å²) >= 11 is 1.17. The molecule has 196 valence electrons. The molecule has 1 heterocycles. The zero-order valence-electron chi connectivity index (χ0n) is 19.8. The van der Waals surface area contributed by atoms with Crippen LogP contribution in [0.2, 0.25) is 0 Å². The van der Waals surface area contributed by atoms with Gasteiger partial charge in [-0.15, -0.1) is 0 Å². The van der Waals surface area contributed by atoms with Crippen molar-refractivity contribution in [2.45, 2.75) is 50.0 Å². The minimum absolute atomic E-state index is 0.00188. The number of alkyl halides is 2. The van der Waals surface area contributed by atoms with Crippen LogP contribution in [0.1, 0.15) is 32.1 Å². The predicted octanol–water partition coefficient (Wildman–Crippen LogP) is 5.11. The minimum Gasteiger partial charge on any atom is -0.494 e. The van der Waals surface area contributed by atoms with Crippen LogP contribution in [0.25, 0.3) is 0 Å². The maximum absolute atomic E-state index is 13.3. The fraction of sp³-hybridized carbons (Fsp3) is 0.375. The van der Waals surface area contributed by atoms with E-state index in [9.17, 15) is 28.5 Å². The number of amides is 2. The Morgan fingerprint density at radius 3 is 2.57 bits per heavy atom. The molecule has 2 aromatic carbocycles. The second-order valence-corrected chi connectivity index (χ2v) is 9.58. The van der Waals surface area contributed by atoms with Crippen LogP contribution in [0, 0.1) is 10.1 Å². The lowest BCUT2D eigenvalue weighted by molar-refractivity contribution is -0.384. The van der Waals surface area contributed by atoms with Gasteiger partial charge in [0.1, 0.15) is 16.7 Å². The molecule has 2 amide bonds. The van der Waals surface area contributed by atoms with Crippen LogP contribution in [0.3, 0.4) is 0 Å². The Kier molecular flexibility index (Phi) is 8.21. The molecule has 1 saturated heterocycles. The highest BCUT2D eigenvalue weighted by molar-refractivity contribution is 8.15. The number of nitro benzene ring substituents is 1. The summed E-state index contributed by atoms with van der Waals surface area (Å²) in [5, 5.41) is 13.4. The zero-order valence-corrected chi connectivity index (χ0v) is 20.6. The molecule has 1 N–H and O–H groups in total. The number of hydrogen-bond donors (Lipinski definition) is 1. The largest absolute Gasteiger partial charge is 0.494 e. The molecule has 0 aromatic heterocycles. The maximum atomic E-state index is 13.3. The summed E-state index contributed by atoms with van der Waals surface area (Å²) in [5.41, 5.74) is 0.528. The van der Waals surface area contributed by atoms with Crippen molar-refractivity contribution in [3.63, 3.8) is 0 Å². The van der Waals surface area contributed by atoms with Crippen molar-refractivity contribution in [1.29, 1.82) is 0 Å². The molecule has 2 aromatic rings. The van der Waals surface area contributed by atoms with Gasteiger partial charge in [-0.1, -0.05) is 24.6 Å². The molecule has 10 nitrogen and oxygen atoms in total. The predicted molar refractivity (Wildman–Crippen MR) is 134 cm³/mol. The number of aliphatic imine (C=N–C) groups is 1. The Morgan fingerprint density at radius 2 is 1.95 bits per heavy atom. The van der Waals surface area contributed by atoms with Gasteiger partial charge in [0.25, 0.3) is 5.69 Å².